The molecule has 0 saturated heterocycles. The second-order valence-electron chi connectivity index (χ2n) is 5.24. The van der Waals surface area contributed by atoms with Crippen LogP contribution in [-0.2, 0) is 4.74 Å². The van der Waals surface area contributed by atoms with Gasteiger partial charge >= 0.3 is 29.9 Å². The highest BCUT2D eigenvalue weighted by Gasteiger charge is 2.88. The van der Waals surface area contributed by atoms with E-state index < -0.39 is 53.0 Å². The van der Waals surface area contributed by atoms with Crippen molar-refractivity contribution in [2.75, 3.05) is 7.11 Å². The van der Waals surface area contributed by atoms with E-state index in [1.165, 1.54) is 18.2 Å². The number of carbonyl (C=O) groups excluding carboxylic acids is 1. The van der Waals surface area contributed by atoms with Gasteiger partial charge in [-0.2, -0.15) is 48.3 Å². The molecule has 1 aromatic carbocycles. The molecule has 0 heterocycles. The Hall–Kier alpha value is -2.34. The zero-order valence-corrected chi connectivity index (χ0v) is 13.4. The van der Waals surface area contributed by atoms with E-state index in [2.05, 4.69) is 4.74 Å². The fourth-order valence-electron chi connectivity index (χ4n) is 1.81. The van der Waals surface area contributed by atoms with Gasteiger partial charge in [-0.3, -0.25) is 4.79 Å². The third-order valence-electron chi connectivity index (χ3n) is 3.39. The van der Waals surface area contributed by atoms with Crippen molar-refractivity contribution in [1.82, 2.24) is 0 Å². The van der Waals surface area contributed by atoms with Crippen LogP contribution in [0.25, 0.3) is 0 Å². The normalized spacial score (nSPS) is 14.8. The van der Waals surface area contributed by atoms with E-state index in [9.17, 15) is 53.1 Å². The smallest absolute Gasteiger partial charge is 0.460 e. The minimum absolute atomic E-state index is 0.203. The first-order valence-corrected chi connectivity index (χ1v) is 6.88. The van der Waals surface area contributed by atoms with Crippen molar-refractivity contribution >= 4 is 5.78 Å². The zero-order chi connectivity index (χ0) is 22.2. The lowest BCUT2D eigenvalue weighted by Gasteiger charge is -2.37. The van der Waals surface area contributed by atoms with Crippen LogP contribution < -0.4 is 0 Å². The van der Waals surface area contributed by atoms with Crippen molar-refractivity contribution in [3.05, 3.63) is 47.7 Å². The quantitative estimate of drug-likeness (QED) is 0.247. The predicted molar refractivity (Wildman–Crippen MR) is 71.7 cm³/mol. The molecule has 0 N–H and O–H groups in total. The molecule has 0 bridgehead atoms. The van der Waals surface area contributed by atoms with Crippen molar-refractivity contribution in [3.8, 4) is 0 Å². The van der Waals surface area contributed by atoms with E-state index in [0.29, 0.717) is 0 Å². The Labute approximate surface area is 149 Å². The van der Waals surface area contributed by atoms with Gasteiger partial charge in [0.25, 0.3) is 0 Å². The maximum Gasteiger partial charge on any atom is 0.460 e. The molecule has 28 heavy (non-hydrogen) atoms. The monoisotopic (exact) mass is 430 g/mol. The summed E-state index contributed by atoms with van der Waals surface area (Å²) in [4.78, 5) is 11.7. The lowest BCUT2D eigenvalue weighted by molar-refractivity contribution is -0.420. The first kappa shape index (κ1) is 23.7. The Morgan fingerprint density at radius 1 is 0.786 bits per heavy atom. The van der Waals surface area contributed by atoms with Crippen molar-refractivity contribution in [1.29, 1.82) is 0 Å². The highest BCUT2D eigenvalue weighted by molar-refractivity contribution is 6.04. The van der Waals surface area contributed by atoms with E-state index in [1.807, 2.05) is 0 Å². The van der Waals surface area contributed by atoms with Crippen LogP contribution in [0.15, 0.2) is 42.2 Å². The highest BCUT2D eigenvalue weighted by Crippen LogP contribution is 2.58. The second-order valence-corrected chi connectivity index (χ2v) is 5.24. The van der Waals surface area contributed by atoms with Crippen LogP contribution in [-0.4, -0.2) is 42.8 Å². The fourth-order valence-corrected chi connectivity index (χ4v) is 1.81. The number of ether oxygens (including phenoxy) is 1. The van der Waals surface area contributed by atoms with Gasteiger partial charge < -0.3 is 4.74 Å². The molecule has 0 unspecified atom stereocenters. The molecule has 0 aromatic heterocycles. The SMILES string of the molecule is CO/C(=C\C(=O)c1ccccc1)C(F)(F)C(F)(F)C(F)(F)C(F)(F)C(F)(F)F. The summed E-state index contributed by atoms with van der Waals surface area (Å²) in [6.07, 6.45) is -7.68. The van der Waals surface area contributed by atoms with Crippen LogP contribution in [0, 0.1) is 0 Å². The molecule has 0 aliphatic heterocycles. The van der Waals surface area contributed by atoms with Gasteiger partial charge in [-0.25, -0.2) is 0 Å². The van der Waals surface area contributed by atoms with E-state index >= 15 is 0 Å². The number of methoxy groups -OCH3 is 1. The third-order valence-corrected chi connectivity index (χ3v) is 3.39. The van der Waals surface area contributed by atoms with Crippen molar-refractivity contribution in [2.45, 2.75) is 29.9 Å². The molecule has 158 valence electrons. The minimum atomic E-state index is -7.59. The van der Waals surface area contributed by atoms with Crippen LogP contribution in [0.2, 0.25) is 0 Å². The largest absolute Gasteiger partial charge is 0.494 e. The van der Waals surface area contributed by atoms with Gasteiger partial charge in [0, 0.05) is 11.6 Å². The van der Waals surface area contributed by atoms with Crippen molar-refractivity contribution in [2.24, 2.45) is 0 Å². The zero-order valence-electron chi connectivity index (χ0n) is 13.4. The number of allylic oxidation sites excluding steroid dienone is 2. The Bertz CT molecular complexity index is 736. The van der Waals surface area contributed by atoms with Crippen LogP contribution >= 0.6 is 0 Å². The first-order valence-electron chi connectivity index (χ1n) is 6.88. The van der Waals surface area contributed by atoms with Crippen LogP contribution in [0.3, 0.4) is 0 Å². The van der Waals surface area contributed by atoms with Crippen molar-refractivity contribution in [3.63, 3.8) is 0 Å². The topological polar surface area (TPSA) is 26.3 Å². The van der Waals surface area contributed by atoms with Gasteiger partial charge in [0.2, 0.25) is 0 Å². The first-order chi connectivity index (χ1) is 12.4. The molecule has 0 aliphatic rings. The fraction of sp³-hybridized carbons (Fsp3) is 0.400. The number of hydrogen-bond donors (Lipinski definition) is 0. The summed E-state index contributed by atoms with van der Waals surface area (Å²) in [7, 11) is 0.203. The van der Waals surface area contributed by atoms with Crippen LogP contribution in [0.5, 0.6) is 0 Å². The average molecular weight is 430 g/mol. The van der Waals surface area contributed by atoms with Gasteiger partial charge in [-0.1, -0.05) is 30.3 Å². The van der Waals surface area contributed by atoms with Gasteiger partial charge in [-0.15, -0.1) is 0 Å². The molecule has 0 radical (unpaired) electrons. The standard InChI is InChI=1S/C15H9F11O2/c1-28-10(7-9(27)8-5-3-2-4-6-8)11(16,17)12(18,19)13(20,21)14(22,23)15(24,25)26/h2-7H,1H3/b10-7-. The average Bonchev–Trinajstić information content (AvgIpc) is 2.58. The number of carbonyl (C=O) groups is 1. The Balaban J connectivity index is 3.47. The number of rotatable bonds is 7. The maximum atomic E-state index is 13.9. The van der Waals surface area contributed by atoms with Gasteiger partial charge in [0.05, 0.1) is 7.11 Å². The molecule has 13 heteroatoms. The lowest BCUT2D eigenvalue weighted by Crippen LogP contribution is -2.66. The predicted octanol–water partition coefficient (Wildman–Crippen LogP) is 5.50. The maximum absolute atomic E-state index is 13.9. The van der Waals surface area contributed by atoms with Gasteiger partial charge in [0.1, 0.15) is 0 Å². The molecule has 1 rings (SSSR count). The third kappa shape index (κ3) is 3.65. The minimum Gasteiger partial charge on any atom is -0.494 e. The highest BCUT2D eigenvalue weighted by atomic mass is 19.4. The summed E-state index contributed by atoms with van der Waals surface area (Å²) < 4.78 is 147. The Kier molecular flexibility index (Phi) is 6.13. The van der Waals surface area contributed by atoms with Crippen LogP contribution in [0.1, 0.15) is 10.4 Å². The summed E-state index contributed by atoms with van der Waals surface area (Å²) in [5.41, 5.74) is -0.413. The Morgan fingerprint density at radius 3 is 1.64 bits per heavy atom. The van der Waals surface area contributed by atoms with Crippen molar-refractivity contribution < 1.29 is 57.8 Å². The molecule has 0 amide bonds. The summed E-state index contributed by atoms with van der Waals surface area (Å²) in [6.45, 7) is 0. The second kappa shape index (κ2) is 7.24. The van der Waals surface area contributed by atoms with Gasteiger partial charge in [-0.05, 0) is 0 Å². The van der Waals surface area contributed by atoms with Gasteiger partial charge in [0.15, 0.2) is 11.5 Å². The molecule has 1 aromatic rings. The van der Waals surface area contributed by atoms with Crippen LogP contribution in [0.4, 0.5) is 48.3 Å². The van der Waals surface area contributed by atoms with E-state index in [-0.39, 0.29) is 7.11 Å². The summed E-state index contributed by atoms with van der Waals surface area (Å²) in [6, 6.07) is 5.76. The molecule has 0 saturated carbocycles. The molecular weight excluding hydrogens is 421 g/mol. The molecular formula is C15H9F11O2. The molecule has 0 spiro atoms. The van der Waals surface area contributed by atoms with E-state index in [1.54, 1.807) is 0 Å². The Morgan fingerprint density at radius 2 is 1.25 bits per heavy atom. The lowest BCUT2D eigenvalue weighted by atomic mass is 9.96. The van der Waals surface area contributed by atoms with E-state index in [4.69, 9.17) is 0 Å². The number of benzene rings is 1. The number of alkyl halides is 11. The molecule has 0 aliphatic carbocycles. The summed E-state index contributed by atoms with van der Waals surface area (Å²) in [5, 5.41) is 0. The number of halogens is 11. The molecule has 2 nitrogen and oxygen atoms in total. The summed E-state index contributed by atoms with van der Waals surface area (Å²) >= 11 is 0. The van der Waals surface area contributed by atoms with E-state index in [0.717, 1.165) is 12.1 Å². The summed E-state index contributed by atoms with van der Waals surface area (Å²) in [5.74, 6) is -32.8. The number of ketones is 1. The molecule has 0 fully saturated rings. The molecule has 0 atom stereocenters. The number of hydrogen-bond acceptors (Lipinski definition) is 2.